The molecule has 0 unspecified atom stereocenters. The van der Waals surface area contributed by atoms with E-state index < -0.39 is 0 Å². The van der Waals surface area contributed by atoms with Gasteiger partial charge in [-0.15, -0.1) is 0 Å². The fourth-order valence-corrected chi connectivity index (χ4v) is 2.43. The van der Waals surface area contributed by atoms with Crippen molar-refractivity contribution in [1.82, 2.24) is 9.97 Å². The van der Waals surface area contributed by atoms with Crippen LogP contribution in [0.1, 0.15) is 36.6 Å². The molecule has 3 N–H and O–H groups in total. The molecule has 0 fully saturated rings. The Kier molecular flexibility index (Phi) is 4.88. The number of aryl methyl sites for hydroxylation is 1. The van der Waals surface area contributed by atoms with Crippen molar-refractivity contribution in [1.29, 1.82) is 0 Å². The van der Waals surface area contributed by atoms with E-state index in [1.54, 1.807) is 7.11 Å². The number of benzene rings is 1. The lowest BCUT2D eigenvalue weighted by atomic mass is 10.0. The highest BCUT2D eigenvalue weighted by molar-refractivity contribution is 5.60. The van der Waals surface area contributed by atoms with Crippen molar-refractivity contribution >= 4 is 5.82 Å². The van der Waals surface area contributed by atoms with Gasteiger partial charge in [0.25, 0.3) is 0 Å². The van der Waals surface area contributed by atoms with Gasteiger partial charge in [-0.3, -0.25) is 0 Å². The molecule has 0 aliphatic rings. The van der Waals surface area contributed by atoms with Crippen LogP contribution in [-0.2, 0) is 11.3 Å². The zero-order chi connectivity index (χ0) is 15.4. The first kappa shape index (κ1) is 15.4. The summed E-state index contributed by atoms with van der Waals surface area (Å²) in [5.41, 5.74) is 6.77. The monoisotopic (exact) mass is 286 g/mol. The topological polar surface area (TPSA) is 73.1 Å². The molecule has 0 atom stereocenters. The number of nitrogens with two attached hydrogens (primary N) is 1. The molecule has 0 spiro atoms. The molecule has 1 heterocycles. The highest BCUT2D eigenvalue weighted by atomic mass is 16.5. The van der Waals surface area contributed by atoms with E-state index in [1.807, 2.05) is 31.2 Å². The predicted octanol–water partition coefficient (Wildman–Crippen LogP) is 3.01. The van der Waals surface area contributed by atoms with Gasteiger partial charge in [0.2, 0.25) is 0 Å². The minimum Gasteiger partial charge on any atom is -0.380 e. The molecular weight excluding hydrogens is 264 g/mol. The molecule has 2 rings (SSSR count). The highest BCUT2D eigenvalue weighted by Gasteiger charge is 2.14. The third-order valence-corrected chi connectivity index (χ3v) is 3.37. The maximum absolute atomic E-state index is 5.61. The average molecular weight is 286 g/mol. The molecule has 0 saturated heterocycles. The second-order valence-corrected chi connectivity index (χ2v) is 5.32. The molecule has 112 valence electrons. The lowest BCUT2D eigenvalue weighted by molar-refractivity contribution is 0.185. The number of nitrogens with zero attached hydrogens (tertiary/aromatic N) is 2. The molecule has 0 saturated carbocycles. The van der Waals surface area contributed by atoms with Gasteiger partial charge in [-0.25, -0.2) is 15.8 Å². The Hall–Kier alpha value is -1.98. The number of anilines is 1. The third kappa shape index (κ3) is 3.37. The van der Waals surface area contributed by atoms with Crippen molar-refractivity contribution in [2.75, 3.05) is 12.5 Å². The third-order valence-electron chi connectivity index (χ3n) is 3.37. The molecule has 2 aromatic rings. The van der Waals surface area contributed by atoms with Gasteiger partial charge in [-0.05, 0) is 18.4 Å². The van der Waals surface area contributed by atoms with Crippen LogP contribution in [0.4, 0.5) is 5.82 Å². The summed E-state index contributed by atoms with van der Waals surface area (Å²) in [4.78, 5) is 9.15. The van der Waals surface area contributed by atoms with E-state index in [0.29, 0.717) is 24.2 Å². The van der Waals surface area contributed by atoms with Crippen molar-refractivity contribution < 1.29 is 4.74 Å². The van der Waals surface area contributed by atoms with Crippen LogP contribution in [0.3, 0.4) is 0 Å². The Balaban J connectivity index is 2.42. The fraction of sp³-hybridized carbons (Fsp3) is 0.375. The molecule has 5 heteroatoms. The Morgan fingerprint density at radius 2 is 1.86 bits per heavy atom. The molecule has 21 heavy (non-hydrogen) atoms. The van der Waals surface area contributed by atoms with Crippen molar-refractivity contribution in [3.8, 4) is 11.4 Å². The summed E-state index contributed by atoms with van der Waals surface area (Å²) < 4.78 is 5.11. The van der Waals surface area contributed by atoms with E-state index in [-0.39, 0.29) is 0 Å². The standard InChI is InChI=1S/C16H22N4O/c1-10(2)14-11(3)18-15(19-16(14)20-17)13-7-5-12(6-8-13)9-21-4/h5-8,10H,9,17H2,1-4H3,(H,18,19,20). The van der Waals surface area contributed by atoms with Gasteiger partial charge in [0.05, 0.1) is 6.61 Å². The molecule has 0 aliphatic heterocycles. The predicted molar refractivity (Wildman–Crippen MR) is 84.8 cm³/mol. The van der Waals surface area contributed by atoms with E-state index in [4.69, 9.17) is 10.6 Å². The van der Waals surface area contributed by atoms with Gasteiger partial charge >= 0.3 is 0 Å². The number of aromatic nitrogens is 2. The van der Waals surface area contributed by atoms with E-state index >= 15 is 0 Å². The van der Waals surface area contributed by atoms with Gasteiger partial charge in [0.15, 0.2) is 5.82 Å². The summed E-state index contributed by atoms with van der Waals surface area (Å²) in [5, 5.41) is 0. The van der Waals surface area contributed by atoms with Crippen LogP contribution in [0.2, 0.25) is 0 Å². The fourth-order valence-electron chi connectivity index (χ4n) is 2.43. The number of hydrazine groups is 1. The molecule has 1 aromatic carbocycles. The number of ether oxygens (including phenoxy) is 1. The van der Waals surface area contributed by atoms with Crippen LogP contribution < -0.4 is 11.3 Å². The molecule has 0 aliphatic carbocycles. The Morgan fingerprint density at radius 3 is 2.38 bits per heavy atom. The van der Waals surface area contributed by atoms with Crippen LogP contribution >= 0.6 is 0 Å². The van der Waals surface area contributed by atoms with Gasteiger partial charge in [-0.1, -0.05) is 38.1 Å². The van der Waals surface area contributed by atoms with E-state index in [2.05, 4.69) is 29.2 Å². The number of nitrogen functional groups attached to an aromatic ring is 1. The smallest absolute Gasteiger partial charge is 0.161 e. The van der Waals surface area contributed by atoms with Crippen LogP contribution in [0.25, 0.3) is 11.4 Å². The van der Waals surface area contributed by atoms with Crippen molar-refractivity contribution in [2.24, 2.45) is 5.84 Å². The highest BCUT2D eigenvalue weighted by Crippen LogP contribution is 2.27. The lowest BCUT2D eigenvalue weighted by Crippen LogP contribution is -2.14. The molecular formula is C16H22N4O. The summed E-state index contributed by atoms with van der Waals surface area (Å²) in [5.74, 6) is 7.29. The first-order valence-electron chi connectivity index (χ1n) is 7.00. The van der Waals surface area contributed by atoms with Crippen LogP contribution in [-0.4, -0.2) is 17.1 Å². The molecule has 0 radical (unpaired) electrons. The molecule has 0 amide bonds. The first-order chi connectivity index (χ1) is 10.1. The summed E-state index contributed by atoms with van der Waals surface area (Å²) in [6.07, 6.45) is 0. The maximum atomic E-state index is 5.61. The van der Waals surface area contributed by atoms with E-state index in [0.717, 1.165) is 22.4 Å². The lowest BCUT2D eigenvalue weighted by Gasteiger charge is -2.15. The zero-order valence-electron chi connectivity index (χ0n) is 13.0. The number of methoxy groups -OCH3 is 1. The molecule has 1 aromatic heterocycles. The van der Waals surface area contributed by atoms with Gasteiger partial charge in [0.1, 0.15) is 5.82 Å². The molecule has 5 nitrogen and oxygen atoms in total. The minimum atomic E-state index is 0.314. The number of nitrogens with one attached hydrogen (secondary N) is 1. The summed E-state index contributed by atoms with van der Waals surface area (Å²) in [6.45, 7) is 6.79. The minimum absolute atomic E-state index is 0.314. The Labute approximate surface area is 125 Å². The van der Waals surface area contributed by atoms with Crippen molar-refractivity contribution in [3.63, 3.8) is 0 Å². The van der Waals surface area contributed by atoms with Crippen LogP contribution in [0.5, 0.6) is 0 Å². The normalized spacial score (nSPS) is 11.0. The van der Waals surface area contributed by atoms with E-state index in [1.165, 1.54) is 0 Å². The Bertz CT molecular complexity index is 608. The van der Waals surface area contributed by atoms with Gasteiger partial charge in [0, 0.05) is 23.9 Å². The van der Waals surface area contributed by atoms with Crippen LogP contribution in [0.15, 0.2) is 24.3 Å². The Morgan fingerprint density at radius 1 is 1.19 bits per heavy atom. The first-order valence-corrected chi connectivity index (χ1v) is 7.00. The van der Waals surface area contributed by atoms with Crippen LogP contribution in [0, 0.1) is 6.92 Å². The average Bonchev–Trinajstić information content (AvgIpc) is 2.47. The quantitative estimate of drug-likeness (QED) is 0.653. The second-order valence-electron chi connectivity index (χ2n) is 5.32. The van der Waals surface area contributed by atoms with Gasteiger partial charge in [-0.2, -0.15) is 0 Å². The summed E-state index contributed by atoms with van der Waals surface area (Å²) in [6, 6.07) is 8.03. The van der Waals surface area contributed by atoms with Crippen molar-refractivity contribution in [2.45, 2.75) is 33.3 Å². The van der Waals surface area contributed by atoms with E-state index in [9.17, 15) is 0 Å². The van der Waals surface area contributed by atoms with Gasteiger partial charge < -0.3 is 10.2 Å². The SMILES string of the molecule is COCc1ccc(-c2nc(C)c(C(C)C)c(NN)n2)cc1. The number of hydrogen-bond donors (Lipinski definition) is 2. The summed E-state index contributed by atoms with van der Waals surface area (Å²) >= 11 is 0. The zero-order valence-corrected chi connectivity index (χ0v) is 13.0. The van der Waals surface area contributed by atoms with Crippen molar-refractivity contribution in [3.05, 3.63) is 41.1 Å². The number of hydrogen-bond acceptors (Lipinski definition) is 5. The summed E-state index contributed by atoms with van der Waals surface area (Å²) in [7, 11) is 1.68. The molecule has 0 bridgehead atoms. The second kappa shape index (κ2) is 6.65. The largest absolute Gasteiger partial charge is 0.380 e. The number of rotatable bonds is 5. The maximum Gasteiger partial charge on any atom is 0.161 e.